The van der Waals surface area contributed by atoms with E-state index in [1.165, 1.54) is 11.3 Å². The van der Waals surface area contributed by atoms with E-state index in [1.54, 1.807) is 6.20 Å². The van der Waals surface area contributed by atoms with E-state index in [0.29, 0.717) is 11.6 Å². The first-order valence-corrected chi connectivity index (χ1v) is 11.7. The molecule has 3 aromatic rings. The van der Waals surface area contributed by atoms with Crippen molar-refractivity contribution in [2.75, 3.05) is 49.2 Å². The fraction of sp³-hybridized carbons (Fsp3) is 0.429. The molecule has 0 aliphatic carbocycles. The largest absolute Gasteiger partial charge is 0.378 e. The Balaban J connectivity index is 1.38. The van der Waals surface area contributed by atoms with Gasteiger partial charge in [-0.25, -0.2) is 9.97 Å². The van der Waals surface area contributed by atoms with Crippen molar-refractivity contribution in [3.05, 3.63) is 40.1 Å². The van der Waals surface area contributed by atoms with Gasteiger partial charge < -0.3 is 19.9 Å². The molecule has 5 rings (SSSR count). The first-order valence-electron chi connectivity index (χ1n) is 10.4. The maximum Gasteiger partial charge on any atom is 0.280 e. The quantitative estimate of drug-likeness (QED) is 0.601. The molecule has 162 valence electrons. The van der Waals surface area contributed by atoms with Crippen molar-refractivity contribution in [3.8, 4) is 0 Å². The standard InChI is InChI=1S/C21H23ClN6O2S/c22-21-25-17-12-15(27-7-9-30-10-8-27)3-4-16(17)18(26-21)28-6-1-2-14(13-28)24-19(29)20-23-5-11-31-20/h3-5,11-12,14H,1-2,6-10,13H2,(H,24,29). The molecular weight excluding hydrogens is 436 g/mol. The molecule has 2 aromatic heterocycles. The van der Waals surface area contributed by atoms with Crippen molar-refractivity contribution in [1.82, 2.24) is 20.3 Å². The lowest BCUT2D eigenvalue weighted by Crippen LogP contribution is -2.48. The van der Waals surface area contributed by atoms with Crippen LogP contribution in [-0.4, -0.2) is 66.3 Å². The van der Waals surface area contributed by atoms with Gasteiger partial charge in [0, 0.05) is 54.9 Å². The average molecular weight is 459 g/mol. The maximum absolute atomic E-state index is 12.4. The molecule has 1 amide bonds. The Labute approximate surface area is 189 Å². The number of hydrogen-bond donors (Lipinski definition) is 1. The third-order valence-electron chi connectivity index (χ3n) is 5.69. The minimum absolute atomic E-state index is 0.0292. The third-order valence-corrected chi connectivity index (χ3v) is 6.63. The number of carbonyl (C=O) groups excluding carboxylic acids is 1. The number of nitrogens with one attached hydrogen (secondary N) is 1. The van der Waals surface area contributed by atoms with Crippen molar-refractivity contribution in [2.45, 2.75) is 18.9 Å². The minimum atomic E-state index is -0.123. The summed E-state index contributed by atoms with van der Waals surface area (Å²) in [6.45, 7) is 4.72. The molecule has 1 aromatic carbocycles. The number of aromatic nitrogens is 3. The van der Waals surface area contributed by atoms with Crippen LogP contribution in [0, 0.1) is 0 Å². The highest BCUT2D eigenvalue weighted by Crippen LogP contribution is 2.31. The zero-order valence-electron chi connectivity index (χ0n) is 17.0. The van der Waals surface area contributed by atoms with Gasteiger partial charge in [0.1, 0.15) is 5.82 Å². The predicted molar refractivity (Wildman–Crippen MR) is 122 cm³/mol. The molecular formula is C21H23ClN6O2S. The predicted octanol–water partition coefficient (Wildman–Crippen LogP) is 2.98. The summed E-state index contributed by atoms with van der Waals surface area (Å²) >= 11 is 7.66. The molecule has 0 saturated carbocycles. The number of amides is 1. The number of rotatable bonds is 4. The number of hydrogen-bond acceptors (Lipinski definition) is 8. The zero-order chi connectivity index (χ0) is 21.2. The Kier molecular flexibility index (Phi) is 5.89. The van der Waals surface area contributed by atoms with Gasteiger partial charge in [-0.2, -0.15) is 4.98 Å². The van der Waals surface area contributed by atoms with Crippen LogP contribution in [0.5, 0.6) is 0 Å². The number of anilines is 2. The molecule has 4 heterocycles. The number of fused-ring (bicyclic) bond motifs is 1. The minimum Gasteiger partial charge on any atom is -0.378 e. The lowest BCUT2D eigenvalue weighted by atomic mass is 10.0. The second-order valence-electron chi connectivity index (χ2n) is 7.71. The average Bonchev–Trinajstić information content (AvgIpc) is 3.34. The summed E-state index contributed by atoms with van der Waals surface area (Å²) in [5.74, 6) is 0.694. The lowest BCUT2D eigenvalue weighted by Gasteiger charge is -2.34. The van der Waals surface area contributed by atoms with Crippen LogP contribution in [0.2, 0.25) is 5.28 Å². The molecule has 2 aliphatic heterocycles. The molecule has 2 saturated heterocycles. The fourth-order valence-corrected chi connectivity index (χ4v) is 4.91. The second-order valence-corrected chi connectivity index (χ2v) is 8.95. The van der Waals surface area contributed by atoms with Gasteiger partial charge in [0.15, 0.2) is 5.01 Å². The summed E-state index contributed by atoms with van der Waals surface area (Å²) in [5, 5.41) is 6.60. The number of carbonyl (C=O) groups is 1. The van der Waals surface area contributed by atoms with Crippen LogP contribution in [0.4, 0.5) is 11.5 Å². The molecule has 1 atom stereocenters. The van der Waals surface area contributed by atoms with Crippen LogP contribution in [0.15, 0.2) is 29.8 Å². The number of thiazole rings is 1. The Morgan fingerprint density at radius 1 is 1.19 bits per heavy atom. The van der Waals surface area contributed by atoms with Crippen molar-refractivity contribution in [1.29, 1.82) is 0 Å². The number of nitrogens with zero attached hydrogens (tertiary/aromatic N) is 5. The summed E-state index contributed by atoms with van der Waals surface area (Å²) in [6.07, 6.45) is 3.52. The second kappa shape index (κ2) is 8.94. The number of benzene rings is 1. The SMILES string of the molecule is O=C(NC1CCCN(c2nc(Cl)nc3cc(N4CCOCC4)ccc23)C1)c1nccs1. The van der Waals surface area contributed by atoms with Crippen molar-refractivity contribution in [2.24, 2.45) is 0 Å². The number of piperidine rings is 1. The molecule has 1 N–H and O–H groups in total. The molecule has 31 heavy (non-hydrogen) atoms. The van der Waals surface area contributed by atoms with Crippen LogP contribution >= 0.6 is 22.9 Å². The van der Waals surface area contributed by atoms with Crippen LogP contribution in [-0.2, 0) is 4.74 Å². The number of ether oxygens (including phenoxy) is 1. The summed E-state index contributed by atoms with van der Waals surface area (Å²) in [5.41, 5.74) is 1.94. The number of morpholine rings is 1. The van der Waals surface area contributed by atoms with Gasteiger partial charge >= 0.3 is 0 Å². The van der Waals surface area contributed by atoms with Gasteiger partial charge in [-0.05, 0) is 42.6 Å². The van der Waals surface area contributed by atoms with E-state index in [2.05, 4.69) is 48.3 Å². The van der Waals surface area contributed by atoms with E-state index in [1.807, 2.05) is 5.38 Å². The van der Waals surface area contributed by atoms with Crippen LogP contribution in [0.3, 0.4) is 0 Å². The Morgan fingerprint density at radius 2 is 2.06 bits per heavy atom. The Hall–Kier alpha value is -2.49. The number of halogens is 1. The van der Waals surface area contributed by atoms with E-state index >= 15 is 0 Å². The molecule has 10 heteroatoms. The van der Waals surface area contributed by atoms with E-state index < -0.39 is 0 Å². The summed E-state index contributed by atoms with van der Waals surface area (Å²) in [6, 6.07) is 6.29. The van der Waals surface area contributed by atoms with Crippen molar-refractivity contribution in [3.63, 3.8) is 0 Å². The zero-order valence-corrected chi connectivity index (χ0v) is 18.5. The Bertz CT molecular complexity index is 1070. The van der Waals surface area contributed by atoms with Crippen molar-refractivity contribution >= 4 is 51.3 Å². The highest BCUT2D eigenvalue weighted by molar-refractivity contribution is 7.11. The molecule has 2 aliphatic rings. The van der Waals surface area contributed by atoms with Gasteiger partial charge in [-0.15, -0.1) is 11.3 Å². The van der Waals surface area contributed by atoms with E-state index in [-0.39, 0.29) is 17.2 Å². The van der Waals surface area contributed by atoms with Crippen LogP contribution < -0.4 is 15.1 Å². The first kappa shape index (κ1) is 20.4. The van der Waals surface area contributed by atoms with Crippen LogP contribution in [0.1, 0.15) is 22.6 Å². The molecule has 0 radical (unpaired) electrons. The topological polar surface area (TPSA) is 83.5 Å². The smallest absolute Gasteiger partial charge is 0.280 e. The molecule has 8 nitrogen and oxygen atoms in total. The van der Waals surface area contributed by atoms with Crippen LogP contribution in [0.25, 0.3) is 10.9 Å². The maximum atomic E-state index is 12.4. The Morgan fingerprint density at radius 3 is 2.87 bits per heavy atom. The fourth-order valence-electron chi connectivity index (χ4n) is 4.20. The third kappa shape index (κ3) is 4.44. The summed E-state index contributed by atoms with van der Waals surface area (Å²) in [7, 11) is 0. The highest BCUT2D eigenvalue weighted by Gasteiger charge is 2.25. The van der Waals surface area contributed by atoms with Crippen molar-refractivity contribution < 1.29 is 9.53 Å². The first-order chi connectivity index (χ1) is 15.2. The van der Waals surface area contributed by atoms with Gasteiger partial charge in [0.25, 0.3) is 5.91 Å². The molecule has 0 spiro atoms. The molecule has 0 bridgehead atoms. The van der Waals surface area contributed by atoms with E-state index in [9.17, 15) is 4.79 Å². The molecule has 1 unspecified atom stereocenters. The van der Waals surface area contributed by atoms with Gasteiger partial charge in [-0.3, -0.25) is 4.79 Å². The van der Waals surface area contributed by atoms with Gasteiger partial charge in [0.2, 0.25) is 5.28 Å². The lowest BCUT2D eigenvalue weighted by molar-refractivity contribution is 0.0932. The summed E-state index contributed by atoms with van der Waals surface area (Å²) < 4.78 is 5.46. The normalized spacial score (nSPS) is 19.6. The van der Waals surface area contributed by atoms with E-state index in [4.69, 9.17) is 16.3 Å². The monoisotopic (exact) mass is 458 g/mol. The molecule has 2 fully saturated rings. The van der Waals surface area contributed by atoms with Gasteiger partial charge in [0.05, 0.1) is 18.7 Å². The van der Waals surface area contributed by atoms with Gasteiger partial charge in [-0.1, -0.05) is 0 Å². The van der Waals surface area contributed by atoms with E-state index in [0.717, 1.165) is 68.1 Å². The summed E-state index contributed by atoms with van der Waals surface area (Å²) in [4.78, 5) is 30.1. The highest BCUT2D eigenvalue weighted by atomic mass is 35.5.